The van der Waals surface area contributed by atoms with Gasteiger partial charge in [-0.2, -0.15) is 0 Å². The molecule has 1 atom stereocenters. The number of nitrogens with one attached hydrogen (secondary N) is 1. The molecule has 0 aromatic carbocycles. The number of piperazine rings is 1. The maximum atomic E-state index is 3.42. The maximum absolute atomic E-state index is 3.42. The van der Waals surface area contributed by atoms with Gasteiger partial charge >= 0.3 is 0 Å². The molecule has 0 radical (unpaired) electrons. The van der Waals surface area contributed by atoms with E-state index in [0.717, 1.165) is 12.0 Å². The van der Waals surface area contributed by atoms with Gasteiger partial charge in [-0.15, -0.1) is 24.8 Å². The maximum Gasteiger partial charge on any atom is 0.0193 e. The molecule has 1 saturated heterocycles. The zero-order valence-corrected chi connectivity index (χ0v) is 9.79. The van der Waals surface area contributed by atoms with Gasteiger partial charge in [-0.25, -0.2) is 0 Å². The molecule has 1 saturated carbocycles. The quantitative estimate of drug-likeness (QED) is 0.769. The number of nitrogens with zero attached hydrogens (tertiary/aromatic N) is 1. The van der Waals surface area contributed by atoms with Gasteiger partial charge in [0.25, 0.3) is 0 Å². The Morgan fingerprint density at radius 1 is 1.31 bits per heavy atom. The molecule has 0 unspecified atom stereocenters. The lowest BCUT2D eigenvalue weighted by molar-refractivity contribution is 0.167. The van der Waals surface area contributed by atoms with E-state index in [4.69, 9.17) is 0 Å². The highest BCUT2D eigenvalue weighted by molar-refractivity contribution is 5.85. The normalized spacial score (nSPS) is 28.8. The lowest BCUT2D eigenvalue weighted by atomic mass is 10.2. The minimum absolute atomic E-state index is 0. The molecule has 2 fully saturated rings. The van der Waals surface area contributed by atoms with E-state index in [1.165, 1.54) is 39.0 Å². The molecular formula is C9H20Cl2N2. The van der Waals surface area contributed by atoms with Crippen LogP contribution in [0.4, 0.5) is 0 Å². The van der Waals surface area contributed by atoms with Gasteiger partial charge in [0.2, 0.25) is 0 Å². The molecule has 13 heavy (non-hydrogen) atoms. The van der Waals surface area contributed by atoms with Crippen LogP contribution in [0.3, 0.4) is 0 Å². The van der Waals surface area contributed by atoms with Gasteiger partial charge in [0.15, 0.2) is 0 Å². The van der Waals surface area contributed by atoms with Crippen LogP contribution in [0.1, 0.15) is 19.8 Å². The van der Waals surface area contributed by atoms with Crippen molar-refractivity contribution in [3.05, 3.63) is 0 Å². The number of hydrogen-bond donors (Lipinski definition) is 1. The molecule has 4 heteroatoms. The molecule has 1 heterocycles. The van der Waals surface area contributed by atoms with Crippen LogP contribution >= 0.6 is 24.8 Å². The summed E-state index contributed by atoms with van der Waals surface area (Å²) in [7, 11) is 0. The third-order valence-electron chi connectivity index (χ3n) is 2.83. The summed E-state index contributed by atoms with van der Waals surface area (Å²) in [6.07, 6.45) is 2.97. The van der Waals surface area contributed by atoms with Crippen molar-refractivity contribution in [2.75, 3.05) is 26.2 Å². The van der Waals surface area contributed by atoms with E-state index in [0.29, 0.717) is 0 Å². The van der Waals surface area contributed by atoms with Crippen molar-refractivity contribution >= 4 is 24.8 Å². The molecule has 2 rings (SSSR count). The van der Waals surface area contributed by atoms with E-state index in [9.17, 15) is 0 Å². The minimum atomic E-state index is 0. The summed E-state index contributed by atoms with van der Waals surface area (Å²) < 4.78 is 0. The van der Waals surface area contributed by atoms with Crippen molar-refractivity contribution in [1.29, 1.82) is 0 Å². The standard InChI is InChI=1S/C9H18N2.2ClH/c1-8-6-10-4-5-11(8)7-9-2-3-9;;/h8-10H,2-7H2,1H3;2*1H/t8-;;/m0../s1. The Morgan fingerprint density at radius 3 is 2.54 bits per heavy atom. The molecule has 80 valence electrons. The Bertz CT molecular complexity index is 140. The SMILES string of the molecule is C[C@H]1CNCCN1CC1CC1.Cl.Cl. The van der Waals surface area contributed by atoms with Gasteiger partial charge < -0.3 is 5.32 Å². The lowest BCUT2D eigenvalue weighted by Gasteiger charge is -2.33. The highest BCUT2D eigenvalue weighted by Crippen LogP contribution is 2.30. The minimum Gasteiger partial charge on any atom is -0.314 e. The van der Waals surface area contributed by atoms with E-state index < -0.39 is 0 Å². The molecule has 1 N–H and O–H groups in total. The first-order valence-electron chi connectivity index (χ1n) is 4.81. The molecular weight excluding hydrogens is 207 g/mol. The van der Waals surface area contributed by atoms with Gasteiger partial charge in [-0.1, -0.05) is 0 Å². The summed E-state index contributed by atoms with van der Waals surface area (Å²) in [6.45, 7) is 7.33. The van der Waals surface area contributed by atoms with Crippen LogP contribution in [0, 0.1) is 5.92 Å². The second-order valence-corrected chi connectivity index (χ2v) is 3.99. The highest BCUT2D eigenvalue weighted by atomic mass is 35.5. The van der Waals surface area contributed by atoms with E-state index in [-0.39, 0.29) is 24.8 Å². The lowest BCUT2D eigenvalue weighted by Crippen LogP contribution is -2.50. The van der Waals surface area contributed by atoms with E-state index >= 15 is 0 Å². The summed E-state index contributed by atoms with van der Waals surface area (Å²) in [5.74, 6) is 1.05. The molecule has 1 aliphatic carbocycles. The Hall–Kier alpha value is 0.500. The molecule has 0 aromatic heterocycles. The summed E-state index contributed by atoms with van der Waals surface area (Å²) in [5, 5.41) is 3.42. The summed E-state index contributed by atoms with van der Waals surface area (Å²) in [5.41, 5.74) is 0. The summed E-state index contributed by atoms with van der Waals surface area (Å²) in [6, 6.07) is 0.768. The van der Waals surface area contributed by atoms with Crippen LogP contribution in [-0.4, -0.2) is 37.1 Å². The fourth-order valence-electron chi connectivity index (χ4n) is 1.79. The van der Waals surface area contributed by atoms with E-state index in [1.54, 1.807) is 0 Å². The largest absolute Gasteiger partial charge is 0.314 e. The fourth-order valence-corrected chi connectivity index (χ4v) is 1.79. The van der Waals surface area contributed by atoms with Crippen LogP contribution in [0.5, 0.6) is 0 Å². The predicted octanol–water partition coefficient (Wildman–Crippen LogP) is 1.53. The second-order valence-electron chi connectivity index (χ2n) is 3.99. The van der Waals surface area contributed by atoms with Crippen LogP contribution in [-0.2, 0) is 0 Å². The number of hydrogen-bond acceptors (Lipinski definition) is 2. The van der Waals surface area contributed by atoms with Gasteiger partial charge in [-0.3, -0.25) is 4.90 Å². The van der Waals surface area contributed by atoms with Crippen molar-refractivity contribution in [3.8, 4) is 0 Å². The monoisotopic (exact) mass is 226 g/mol. The first kappa shape index (κ1) is 13.5. The zero-order chi connectivity index (χ0) is 7.68. The van der Waals surface area contributed by atoms with Gasteiger partial charge in [0.1, 0.15) is 0 Å². The average Bonchev–Trinajstić information content (AvgIpc) is 2.78. The Balaban J connectivity index is 0.000000720. The second kappa shape index (κ2) is 6.07. The molecule has 2 aliphatic rings. The van der Waals surface area contributed by atoms with Gasteiger partial charge in [0.05, 0.1) is 0 Å². The first-order chi connectivity index (χ1) is 5.36. The molecule has 0 aromatic rings. The Morgan fingerprint density at radius 2 is 2.00 bits per heavy atom. The van der Waals surface area contributed by atoms with Gasteiger partial charge in [0, 0.05) is 32.2 Å². The van der Waals surface area contributed by atoms with Crippen LogP contribution < -0.4 is 5.32 Å². The van der Waals surface area contributed by atoms with E-state index in [1.807, 2.05) is 0 Å². The predicted molar refractivity (Wildman–Crippen MR) is 61.1 cm³/mol. The third-order valence-corrected chi connectivity index (χ3v) is 2.83. The smallest absolute Gasteiger partial charge is 0.0193 e. The third kappa shape index (κ3) is 4.03. The zero-order valence-electron chi connectivity index (χ0n) is 8.16. The topological polar surface area (TPSA) is 15.3 Å². The average molecular weight is 227 g/mol. The number of rotatable bonds is 2. The van der Waals surface area contributed by atoms with Crippen LogP contribution in [0.15, 0.2) is 0 Å². The van der Waals surface area contributed by atoms with Crippen molar-refractivity contribution in [3.63, 3.8) is 0 Å². The highest BCUT2D eigenvalue weighted by Gasteiger charge is 2.27. The van der Waals surface area contributed by atoms with Crippen molar-refractivity contribution in [2.45, 2.75) is 25.8 Å². The van der Waals surface area contributed by atoms with Crippen LogP contribution in [0.25, 0.3) is 0 Å². The first-order valence-corrected chi connectivity index (χ1v) is 4.81. The molecule has 0 spiro atoms. The van der Waals surface area contributed by atoms with Crippen molar-refractivity contribution in [1.82, 2.24) is 10.2 Å². The number of halogens is 2. The molecule has 2 nitrogen and oxygen atoms in total. The van der Waals surface area contributed by atoms with Crippen LogP contribution in [0.2, 0.25) is 0 Å². The molecule has 0 bridgehead atoms. The van der Waals surface area contributed by atoms with Crippen molar-refractivity contribution in [2.24, 2.45) is 5.92 Å². The molecule has 1 aliphatic heterocycles. The summed E-state index contributed by atoms with van der Waals surface area (Å²) in [4.78, 5) is 2.63. The Kier molecular flexibility index (Phi) is 6.31. The Labute approximate surface area is 93.3 Å². The van der Waals surface area contributed by atoms with Gasteiger partial charge in [-0.05, 0) is 25.7 Å². The summed E-state index contributed by atoms with van der Waals surface area (Å²) >= 11 is 0. The fraction of sp³-hybridized carbons (Fsp3) is 1.00. The van der Waals surface area contributed by atoms with E-state index in [2.05, 4.69) is 17.1 Å². The van der Waals surface area contributed by atoms with Crippen molar-refractivity contribution < 1.29 is 0 Å². The molecule has 0 amide bonds.